The smallest absolute Gasteiger partial charge is 0.429 e. The average Bonchev–Trinajstić information content (AvgIpc) is 2.82. The monoisotopic (exact) mass is 523 g/mol. The van der Waals surface area contributed by atoms with Gasteiger partial charge in [0.2, 0.25) is 0 Å². The van der Waals surface area contributed by atoms with E-state index in [2.05, 4.69) is 13.9 Å². The van der Waals surface area contributed by atoms with Crippen LogP contribution in [0.2, 0.25) is 0 Å². The largest absolute Gasteiger partial charge is 0.465 e. The van der Waals surface area contributed by atoms with Gasteiger partial charge in [-0.05, 0) is 29.2 Å². The van der Waals surface area contributed by atoms with Gasteiger partial charge < -0.3 is 23.1 Å². The molecule has 0 fully saturated rings. The highest BCUT2D eigenvalue weighted by Crippen LogP contribution is 2.33. The zero-order valence-electron chi connectivity index (χ0n) is 20.7. The van der Waals surface area contributed by atoms with E-state index in [0.717, 1.165) is 34.5 Å². The van der Waals surface area contributed by atoms with Crippen LogP contribution < -0.4 is 4.18 Å². The minimum absolute atomic E-state index is 0.0220. The van der Waals surface area contributed by atoms with Gasteiger partial charge in [-0.2, -0.15) is 8.42 Å². The molecule has 0 bridgehead atoms. The van der Waals surface area contributed by atoms with Crippen LogP contribution in [-0.2, 0) is 53.8 Å². The Morgan fingerprint density at radius 3 is 1.83 bits per heavy atom. The van der Waals surface area contributed by atoms with E-state index in [1.165, 1.54) is 12.1 Å². The average molecular weight is 524 g/mol. The number of hydrogen-bond acceptors (Lipinski definition) is 11. The Labute approximate surface area is 207 Å². The van der Waals surface area contributed by atoms with Gasteiger partial charge in [-0.15, -0.1) is 4.40 Å². The van der Waals surface area contributed by atoms with Crippen LogP contribution in [0.25, 0.3) is 6.08 Å². The van der Waals surface area contributed by atoms with Gasteiger partial charge in [0, 0.05) is 5.56 Å². The van der Waals surface area contributed by atoms with Crippen LogP contribution in [0, 0.1) is 0 Å². The van der Waals surface area contributed by atoms with Crippen molar-refractivity contribution in [3.05, 3.63) is 46.0 Å². The molecule has 1 aliphatic rings. The molecular weight excluding hydrogens is 498 g/mol. The Morgan fingerprint density at radius 1 is 0.806 bits per heavy atom. The minimum Gasteiger partial charge on any atom is -0.465 e. The highest BCUT2D eigenvalue weighted by molar-refractivity contribution is 7.86. The Bertz CT molecular complexity index is 1310. The molecule has 13 heteroatoms. The van der Waals surface area contributed by atoms with Crippen LogP contribution in [0.15, 0.2) is 39.3 Å². The van der Waals surface area contributed by atoms with Crippen molar-refractivity contribution in [1.29, 1.82) is 0 Å². The summed E-state index contributed by atoms with van der Waals surface area (Å²) in [5.74, 6) is -5.55. The summed E-state index contributed by atoms with van der Waals surface area (Å²) in [5.41, 5.74) is -3.31. The predicted octanol–water partition coefficient (Wildman–Crippen LogP) is 1.43. The molecule has 0 aromatic heterocycles. The second kappa shape index (κ2) is 10.7. The van der Waals surface area contributed by atoms with E-state index in [4.69, 9.17) is 13.7 Å². The molecule has 12 nitrogen and oxygen atoms in total. The minimum atomic E-state index is -4.97. The van der Waals surface area contributed by atoms with Crippen LogP contribution in [0.3, 0.4) is 0 Å². The van der Waals surface area contributed by atoms with Gasteiger partial charge in [0.1, 0.15) is 5.57 Å². The van der Waals surface area contributed by atoms with Gasteiger partial charge in [0.25, 0.3) is 0 Å². The first-order valence-electron chi connectivity index (χ1n) is 10.2. The Kier molecular flexibility index (Phi) is 8.41. The first-order chi connectivity index (χ1) is 16.7. The molecule has 0 saturated heterocycles. The Hall–Kier alpha value is -4.00. The number of hydrogen-bond donors (Lipinski definition) is 0. The molecule has 1 aromatic carbocycles. The van der Waals surface area contributed by atoms with Gasteiger partial charge >= 0.3 is 34.2 Å². The summed E-state index contributed by atoms with van der Waals surface area (Å²) in [6.45, 7) is 5.67. The van der Waals surface area contributed by atoms with E-state index in [1.807, 2.05) is 20.8 Å². The topological polar surface area (TPSA) is 161 Å². The van der Waals surface area contributed by atoms with Gasteiger partial charge in [0.15, 0.2) is 11.5 Å². The molecule has 1 aliphatic heterocycles. The number of fused-ring (bicyclic) bond motifs is 1. The molecule has 0 aliphatic carbocycles. The number of methoxy groups -OCH3 is 4. The fraction of sp³-hybridized carbons (Fsp3) is 0.348. The molecular formula is C23H25NO11S. The van der Waals surface area contributed by atoms with Crippen molar-refractivity contribution in [2.75, 3.05) is 28.4 Å². The number of carbonyl (C=O) groups excluding carboxylic acids is 4. The standard InChI is InChI=1S/C23H25NO11S/c1-23(2,3)13-8-9-15-12(10-13)11-14(19(25)31-4)16(20(26)32-5)17(21(27)33-6)18(22(28)34-7)24-36(29,30)35-15/h8-11H,1-7H3/b14-11+,17-16-,24-18+. The first-order valence-corrected chi connectivity index (χ1v) is 11.6. The molecule has 0 spiro atoms. The summed E-state index contributed by atoms with van der Waals surface area (Å²) in [4.78, 5) is 51.2. The Morgan fingerprint density at radius 2 is 1.33 bits per heavy atom. The van der Waals surface area contributed by atoms with E-state index in [0.29, 0.717) is 5.56 Å². The molecule has 194 valence electrons. The van der Waals surface area contributed by atoms with Gasteiger partial charge in [-0.1, -0.05) is 26.8 Å². The van der Waals surface area contributed by atoms with Crippen molar-refractivity contribution >= 4 is 46.0 Å². The summed E-state index contributed by atoms with van der Waals surface area (Å²) in [5, 5.41) is 0. The van der Waals surface area contributed by atoms with Gasteiger partial charge in [-0.25, -0.2) is 19.2 Å². The van der Waals surface area contributed by atoms with Crippen molar-refractivity contribution in [3.8, 4) is 5.75 Å². The zero-order chi connectivity index (χ0) is 27.4. The maximum absolute atomic E-state index is 12.9. The van der Waals surface area contributed by atoms with E-state index < -0.39 is 62.0 Å². The SMILES string of the molecule is COC(=O)C1=C(C(=O)OC)/C(C(=O)OC)=N\S(=O)(=O)Oc2ccc(C(C)(C)C)cc2/C=C\1C(=O)OC. The number of esters is 4. The molecule has 2 rings (SSSR count). The first kappa shape index (κ1) is 28.2. The van der Waals surface area contributed by atoms with Crippen molar-refractivity contribution in [2.24, 2.45) is 4.40 Å². The number of carbonyl (C=O) groups is 4. The summed E-state index contributed by atoms with van der Waals surface area (Å²) >= 11 is 0. The van der Waals surface area contributed by atoms with Crippen molar-refractivity contribution in [1.82, 2.24) is 0 Å². The highest BCUT2D eigenvalue weighted by Gasteiger charge is 2.38. The summed E-state index contributed by atoms with van der Waals surface area (Å²) in [6, 6.07) is 4.43. The van der Waals surface area contributed by atoms with Crippen molar-refractivity contribution in [3.63, 3.8) is 0 Å². The maximum atomic E-state index is 12.9. The lowest BCUT2D eigenvalue weighted by Crippen LogP contribution is -2.31. The molecule has 0 atom stereocenters. The second-order valence-corrected chi connectivity index (χ2v) is 9.43. The van der Waals surface area contributed by atoms with E-state index in [-0.39, 0.29) is 11.3 Å². The summed E-state index contributed by atoms with van der Waals surface area (Å²) < 4.78 is 52.8. The number of nitrogens with zero attached hydrogens (tertiary/aromatic N) is 1. The quantitative estimate of drug-likeness (QED) is 0.415. The van der Waals surface area contributed by atoms with Gasteiger partial charge in [0.05, 0.1) is 39.6 Å². The molecule has 0 amide bonds. The van der Waals surface area contributed by atoms with E-state index in [9.17, 15) is 27.6 Å². The fourth-order valence-corrected chi connectivity index (χ4v) is 3.90. The summed E-state index contributed by atoms with van der Waals surface area (Å²) in [7, 11) is -1.24. The van der Waals surface area contributed by atoms with Crippen LogP contribution in [0.1, 0.15) is 31.9 Å². The van der Waals surface area contributed by atoms with Gasteiger partial charge in [-0.3, -0.25) is 0 Å². The second-order valence-electron chi connectivity index (χ2n) is 8.23. The molecule has 36 heavy (non-hydrogen) atoms. The number of benzene rings is 1. The molecule has 1 heterocycles. The van der Waals surface area contributed by atoms with Crippen molar-refractivity contribution < 1.29 is 50.7 Å². The lowest BCUT2D eigenvalue weighted by Gasteiger charge is -2.21. The van der Waals surface area contributed by atoms with Crippen LogP contribution in [0.4, 0.5) is 0 Å². The lowest BCUT2D eigenvalue weighted by atomic mass is 9.85. The molecule has 0 unspecified atom stereocenters. The van der Waals surface area contributed by atoms with Crippen LogP contribution in [0.5, 0.6) is 5.75 Å². The molecule has 0 radical (unpaired) electrons. The maximum Gasteiger partial charge on any atom is 0.429 e. The van der Waals surface area contributed by atoms with Crippen LogP contribution in [-0.4, -0.2) is 66.4 Å². The lowest BCUT2D eigenvalue weighted by molar-refractivity contribution is -0.140. The molecule has 0 N–H and O–H groups in total. The third-order valence-corrected chi connectivity index (χ3v) is 5.69. The number of ether oxygens (including phenoxy) is 4. The zero-order valence-corrected chi connectivity index (χ0v) is 21.5. The third kappa shape index (κ3) is 5.97. The van der Waals surface area contributed by atoms with E-state index in [1.54, 1.807) is 6.07 Å². The van der Waals surface area contributed by atoms with E-state index >= 15 is 0 Å². The number of rotatable bonds is 4. The third-order valence-electron chi connectivity index (χ3n) is 4.89. The molecule has 1 aromatic rings. The predicted molar refractivity (Wildman–Crippen MR) is 125 cm³/mol. The normalized spacial score (nSPS) is 20.2. The fourth-order valence-electron chi connectivity index (χ4n) is 3.10. The van der Waals surface area contributed by atoms with Crippen LogP contribution >= 0.6 is 0 Å². The molecule has 0 saturated carbocycles. The van der Waals surface area contributed by atoms with Crippen molar-refractivity contribution in [2.45, 2.75) is 26.2 Å². The Balaban J connectivity index is 3.24. The highest BCUT2D eigenvalue weighted by atomic mass is 32.2. The summed E-state index contributed by atoms with van der Waals surface area (Å²) in [6.07, 6.45) is 1.07.